The van der Waals surface area contributed by atoms with E-state index >= 15 is 0 Å². The molecule has 1 amide bonds. The summed E-state index contributed by atoms with van der Waals surface area (Å²) in [6.45, 7) is 7.72. The maximum absolute atomic E-state index is 11.9. The summed E-state index contributed by atoms with van der Waals surface area (Å²) in [5, 5.41) is 3.10. The number of hydrogen-bond acceptors (Lipinski definition) is 1. The highest BCUT2D eigenvalue weighted by molar-refractivity contribution is 5.75. The summed E-state index contributed by atoms with van der Waals surface area (Å²) in [6, 6.07) is 0. The summed E-state index contributed by atoms with van der Waals surface area (Å²) in [5.41, 5.74) is 0. The molecule has 0 bridgehead atoms. The third kappa shape index (κ3) is 21.9. The van der Waals surface area contributed by atoms with Crippen LogP contribution in [0.2, 0.25) is 0 Å². The highest BCUT2D eigenvalue weighted by atomic mass is 16.1. The van der Waals surface area contributed by atoms with Gasteiger partial charge in [0, 0.05) is 19.4 Å². The highest BCUT2D eigenvalue weighted by Gasteiger charge is 2.12. The predicted octanol–water partition coefficient (Wildman–Crippen LogP) is 7.24. The number of quaternary nitrogens is 1. The minimum Gasteiger partial charge on any atom is -0.356 e. The van der Waals surface area contributed by atoms with E-state index in [4.69, 9.17) is 0 Å². The molecule has 0 aromatic rings. The molecular formula is C26H55N2O+. The van der Waals surface area contributed by atoms with Gasteiger partial charge in [0.2, 0.25) is 5.91 Å². The third-order valence-electron chi connectivity index (χ3n) is 6.10. The average molecular weight is 412 g/mol. The van der Waals surface area contributed by atoms with Crippen molar-refractivity contribution in [3.05, 3.63) is 0 Å². The molecule has 0 aromatic heterocycles. The smallest absolute Gasteiger partial charge is 0.219 e. The Hall–Kier alpha value is -0.570. The number of carbonyl (C=O) groups excluding carboxylic acids is 1. The average Bonchev–Trinajstić information content (AvgIpc) is 2.68. The molecule has 3 nitrogen and oxygen atoms in total. The molecule has 1 N–H and O–H groups in total. The van der Waals surface area contributed by atoms with E-state index in [-0.39, 0.29) is 5.91 Å². The number of nitrogens with zero attached hydrogens (tertiary/aromatic N) is 1. The van der Waals surface area contributed by atoms with Gasteiger partial charge in [-0.25, -0.2) is 0 Å². The van der Waals surface area contributed by atoms with Crippen molar-refractivity contribution in [1.29, 1.82) is 0 Å². The molecule has 0 aliphatic heterocycles. The van der Waals surface area contributed by atoms with E-state index in [1.807, 2.05) is 0 Å². The molecule has 0 rings (SSSR count). The van der Waals surface area contributed by atoms with Crippen molar-refractivity contribution in [1.82, 2.24) is 5.32 Å². The van der Waals surface area contributed by atoms with Crippen molar-refractivity contribution in [2.45, 2.75) is 129 Å². The van der Waals surface area contributed by atoms with E-state index in [2.05, 4.69) is 33.3 Å². The molecule has 0 unspecified atom stereocenters. The van der Waals surface area contributed by atoms with E-state index in [1.54, 1.807) is 0 Å². The van der Waals surface area contributed by atoms with Gasteiger partial charge in [-0.3, -0.25) is 4.79 Å². The summed E-state index contributed by atoms with van der Waals surface area (Å²) in [4.78, 5) is 11.9. The van der Waals surface area contributed by atoms with Gasteiger partial charge in [0.25, 0.3) is 0 Å². The Morgan fingerprint density at radius 3 is 1.48 bits per heavy atom. The lowest BCUT2D eigenvalue weighted by atomic mass is 10.0. The van der Waals surface area contributed by atoms with Crippen LogP contribution in [-0.2, 0) is 4.79 Å². The number of carbonyl (C=O) groups is 1. The van der Waals surface area contributed by atoms with Gasteiger partial charge < -0.3 is 9.80 Å². The largest absolute Gasteiger partial charge is 0.356 e. The van der Waals surface area contributed by atoms with Crippen molar-refractivity contribution in [2.75, 3.05) is 33.7 Å². The van der Waals surface area contributed by atoms with Gasteiger partial charge in [-0.1, -0.05) is 104 Å². The van der Waals surface area contributed by atoms with Gasteiger partial charge in [0.1, 0.15) is 0 Å². The van der Waals surface area contributed by atoms with Gasteiger partial charge in [0.15, 0.2) is 0 Å². The Kier molecular flexibility index (Phi) is 20.3. The molecule has 0 saturated carbocycles. The monoisotopic (exact) mass is 411 g/mol. The molecule has 29 heavy (non-hydrogen) atoms. The van der Waals surface area contributed by atoms with Crippen LogP contribution in [0.5, 0.6) is 0 Å². The fourth-order valence-electron chi connectivity index (χ4n) is 4.20. The molecule has 0 aromatic carbocycles. The quantitative estimate of drug-likeness (QED) is 0.148. The molecule has 174 valence electrons. The molecule has 0 aliphatic rings. The van der Waals surface area contributed by atoms with Crippen LogP contribution >= 0.6 is 0 Å². The molecule has 0 fully saturated rings. The van der Waals surface area contributed by atoms with Crippen LogP contribution in [0.1, 0.15) is 129 Å². The summed E-state index contributed by atoms with van der Waals surface area (Å²) in [7, 11) is 4.56. The van der Waals surface area contributed by atoms with Gasteiger partial charge in [-0.05, 0) is 12.8 Å². The SMILES string of the molecule is CCCCCCCCCCCCCCCCCC(=O)NCCC[N+](C)(C)CCC. The Morgan fingerprint density at radius 1 is 0.586 bits per heavy atom. The van der Waals surface area contributed by atoms with Gasteiger partial charge >= 0.3 is 0 Å². The summed E-state index contributed by atoms with van der Waals surface area (Å²) < 4.78 is 1.06. The maximum Gasteiger partial charge on any atom is 0.219 e. The Bertz CT molecular complexity index is 355. The fraction of sp³-hybridized carbons (Fsp3) is 0.962. The van der Waals surface area contributed by atoms with Gasteiger partial charge in [-0.15, -0.1) is 0 Å². The lowest BCUT2D eigenvalue weighted by Crippen LogP contribution is -2.42. The normalized spacial score (nSPS) is 11.7. The first-order chi connectivity index (χ1) is 14.0. The van der Waals surface area contributed by atoms with Crippen LogP contribution in [0.3, 0.4) is 0 Å². The lowest BCUT2D eigenvalue weighted by Gasteiger charge is -2.29. The van der Waals surface area contributed by atoms with Crippen molar-refractivity contribution in [3.63, 3.8) is 0 Å². The van der Waals surface area contributed by atoms with E-state index in [9.17, 15) is 4.79 Å². The minimum atomic E-state index is 0.250. The number of amides is 1. The van der Waals surface area contributed by atoms with Crippen molar-refractivity contribution >= 4 is 5.91 Å². The van der Waals surface area contributed by atoms with E-state index in [0.29, 0.717) is 6.42 Å². The van der Waals surface area contributed by atoms with Gasteiger partial charge in [-0.2, -0.15) is 0 Å². The zero-order valence-electron chi connectivity index (χ0n) is 20.7. The standard InChI is InChI=1S/C26H54N2O/c1-5-7-8-9-10-11-12-13-14-15-16-17-18-19-20-22-26(29)27-23-21-25-28(3,4)24-6-2/h5-25H2,1-4H3/p+1. The summed E-state index contributed by atoms with van der Waals surface area (Å²) >= 11 is 0. The van der Waals surface area contributed by atoms with Crippen molar-refractivity contribution < 1.29 is 9.28 Å². The van der Waals surface area contributed by atoms with Crippen LogP contribution in [0.4, 0.5) is 0 Å². The van der Waals surface area contributed by atoms with E-state index in [1.165, 1.54) is 103 Å². The molecule has 0 atom stereocenters. The fourth-order valence-corrected chi connectivity index (χ4v) is 4.20. The van der Waals surface area contributed by atoms with Crippen molar-refractivity contribution in [3.8, 4) is 0 Å². The predicted molar refractivity (Wildman–Crippen MR) is 129 cm³/mol. The third-order valence-corrected chi connectivity index (χ3v) is 6.10. The van der Waals surface area contributed by atoms with Crippen LogP contribution < -0.4 is 5.32 Å². The molecular weight excluding hydrogens is 356 g/mol. The number of nitrogens with one attached hydrogen (secondary N) is 1. The molecule has 3 heteroatoms. The molecule has 0 spiro atoms. The van der Waals surface area contributed by atoms with Crippen LogP contribution in [-0.4, -0.2) is 44.1 Å². The first-order valence-corrected chi connectivity index (χ1v) is 13.1. The molecule has 0 heterocycles. The Balaban J connectivity index is 3.25. The second-order valence-corrected chi connectivity index (χ2v) is 9.79. The van der Waals surface area contributed by atoms with Crippen LogP contribution in [0, 0.1) is 0 Å². The second-order valence-electron chi connectivity index (χ2n) is 9.79. The zero-order chi connectivity index (χ0) is 21.6. The van der Waals surface area contributed by atoms with E-state index in [0.717, 1.165) is 30.4 Å². The first kappa shape index (κ1) is 28.4. The lowest BCUT2D eigenvalue weighted by molar-refractivity contribution is -0.890. The van der Waals surface area contributed by atoms with Crippen LogP contribution in [0.15, 0.2) is 0 Å². The molecule has 0 radical (unpaired) electrons. The van der Waals surface area contributed by atoms with E-state index < -0.39 is 0 Å². The first-order valence-electron chi connectivity index (χ1n) is 13.1. The maximum atomic E-state index is 11.9. The molecule has 0 aliphatic carbocycles. The Morgan fingerprint density at radius 2 is 1.03 bits per heavy atom. The number of unbranched alkanes of at least 4 members (excludes halogenated alkanes) is 14. The Labute approximate surface area is 184 Å². The summed E-state index contributed by atoms with van der Waals surface area (Å²) in [6.07, 6.45) is 23.6. The van der Waals surface area contributed by atoms with Gasteiger partial charge in [0.05, 0.1) is 27.2 Å². The second kappa shape index (κ2) is 20.7. The number of rotatable bonds is 22. The minimum absolute atomic E-state index is 0.250. The highest BCUT2D eigenvalue weighted by Crippen LogP contribution is 2.13. The van der Waals surface area contributed by atoms with Crippen molar-refractivity contribution in [2.24, 2.45) is 0 Å². The van der Waals surface area contributed by atoms with Crippen LogP contribution in [0.25, 0.3) is 0 Å². The molecule has 0 saturated heterocycles. The zero-order valence-corrected chi connectivity index (χ0v) is 20.7. The summed E-state index contributed by atoms with van der Waals surface area (Å²) in [5.74, 6) is 0.250. The topological polar surface area (TPSA) is 29.1 Å². The number of hydrogen-bond donors (Lipinski definition) is 1.